The Kier molecular flexibility index (Phi) is 4.51. The van der Waals surface area contributed by atoms with Crippen molar-refractivity contribution in [2.24, 2.45) is 0 Å². The van der Waals surface area contributed by atoms with E-state index in [9.17, 15) is 14.7 Å². The molecule has 2 aromatic carbocycles. The molecule has 0 atom stereocenters. The fourth-order valence-corrected chi connectivity index (χ4v) is 2.98. The van der Waals surface area contributed by atoms with Crippen LogP contribution in [0, 0.1) is 6.92 Å². The lowest BCUT2D eigenvalue weighted by molar-refractivity contribution is 0.0688. The third kappa shape index (κ3) is 3.40. The molecule has 24 heavy (non-hydrogen) atoms. The molecule has 0 saturated heterocycles. The van der Waals surface area contributed by atoms with E-state index in [1.807, 2.05) is 43.3 Å². The first-order valence-electron chi connectivity index (χ1n) is 7.86. The standard InChI is InChI=1S/C19H19NO4/c1-13-9-15-7-8-20(11-17(15)16(10-13)18(21)22)19(23)24-12-14-5-3-2-4-6-14/h2-6,9-10H,7-8,11-12H2,1H3,(H,21,22). The van der Waals surface area contributed by atoms with Gasteiger partial charge in [-0.25, -0.2) is 9.59 Å². The van der Waals surface area contributed by atoms with Crippen LogP contribution in [0.25, 0.3) is 0 Å². The molecule has 0 unspecified atom stereocenters. The smallest absolute Gasteiger partial charge is 0.410 e. The number of carbonyl (C=O) groups is 2. The van der Waals surface area contributed by atoms with Crippen molar-refractivity contribution < 1.29 is 19.4 Å². The van der Waals surface area contributed by atoms with Crippen LogP contribution in [-0.2, 0) is 24.3 Å². The Hall–Kier alpha value is -2.82. The normalized spacial score (nSPS) is 13.3. The van der Waals surface area contributed by atoms with Crippen LogP contribution in [0.4, 0.5) is 4.79 Å². The summed E-state index contributed by atoms with van der Waals surface area (Å²) in [4.78, 5) is 25.3. The number of ether oxygens (including phenoxy) is 1. The van der Waals surface area contributed by atoms with Gasteiger partial charge < -0.3 is 14.7 Å². The van der Waals surface area contributed by atoms with E-state index in [4.69, 9.17) is 4.74 Å². The van der Waals surface area contributed by atoms with Crippen molar-refractivity contribution in [3.05, 3.63) is 70.3 Å². The van der Waals surface area contributed by atoms with Gasteiger partial charge >= 0.3 is 12.1 Å². The average Bonchev–Trinajstić information content (AvgIpc) is 2.59. The van der Waals surface area contributed by atoms with Crippen molar-refractivity contribution in [3.63, 3.8) is 0 Å². The molecule has 5 heteroatoms. The number of rotatable bonds is 3. The van der Waals surface area contributed by atoms with E-state index in [-0.39, 0.29) is 18.7 Å². The second-order valence-electron chi connectivity index (χ2n) is 5.97. The lowest BCUT2D eigenvalue weighted by Gasteiger charge is -2.29. The van der Waals surface area contributed by atoms with Gasteiger partial charge in [-0.1, -0.05) is 36.4 Å². The van der Waals surface area contributed by atoms with Crippen LogP contribution in [0.2, 0.25) is 0 Å². The predicted molar refractivity (Wildman–Crippen MR) is 88.9 cm³/mol. The van der Waals surface area contributed by atoms with Crippen LogP contribution in [0.15, 0.2) is 42.5 Å². The fraction of sp³-hybridized carbons (Fsp3) is 0.263. The van der Waals surface area contributed by atoms with Gasteiger partial charge in [0.2, 0.25) is 0 Å². The minimum Gasteiger partial charge on any atom is -0.478 e. The molecule has 5 nitrogen and oxygen atoms in total. The van der Waals surface area contributed by atoms with Crippen LogP contribution < -0.4 is 0 Å². The highest BCUT2D eigenvalue weighted by Crippen LogP contribution is 2.25. The quantitative estimate of drug-likeness (QED) is 0.939. The summed E-state index contributed by atoms with van der Waals surface area (Å²) < 4.78 is 5.35. The summed E-state index contributed by atoms with van der Waals surface area (Å²) in [6, 6.07) is 13.1. The summed E-state index contributed by atoms with van der Waals surface area (Å²) in [5.74, 6) is -0.963. The lowest BCUT2D eigenvalue weighted by Crippen LogP contribution is -2.37. The van der Waals surface area contributed by atoms with Gasteiger partial charge in [-0.05, 0) is 41.7 Å². The Morgan fingerprint density at radius 3 is 2.67 bits per heavy atom. The maximum atomic E-state index is 12.3. The Morgan fingerprint density at radius 2 is 1.96 bits per heavy atom. The number of aromatic carboxylic acids is 1. The predicted octanol–water partition coefficient (Wildman–Crippen LogP) is 3.39. The highest BCUT2D eigenvalue weighted by atomic mass is 16.6. The third-order valence-corrected chi connectivity index (χ3v) is 4.18. The minimum atomic E-state index is -0.963. The fourth-order valence-electron chi connectivity index (χ4n) is 2.98. The molecule has 1 heterocycles. The molecule has 1 aliphatic heterocycles. The van der Waals surface area contributed by atoms with Crippen LogP contribution in [0.5, 0.6) is 0 Å². The number of carboxylic acids is 1. The number of aryl methyl sites for hydroxylation is 1. The van der Waals surface area contributed by atoms with Gasteiger partial charge in [0.25, 0.3) is 0 Å². The first-order chi connectivity index (χ1) is 11.5. The zero-order valence-corrected chi connectivity index (χ0v) is 13.5. The second kappa shape index (κ2) is 6.74. The molecule has 3 rings (SSSR count). The number of fused-ring (bicyclic) bond motifs is 1. The summed E-state index contributed by atoms with van der Waals surface area (Å²) >= 11 is 0. The van der Waals surface area contributed by atoms with Gasteiger partial charge in [-0.15, -0.1) is 0 Å². The number of carbonyl (C=O) groups excluding carboxylic acids is 1. The maximum Gasteiger partial charge on any atom is 0.410 e. The van der Waals surface area contributed by atoms with Crippen molar-refractivity contribution in [2.75, 3.05) is 6.54 Å². The van der Waals surface area contributed by atoms with E-state index >= 15 is 0 Å². The molecule has 0 radical (unpaired) electrons. The Labute approximate surface area is 140 Å². The van der Waals surface area contributed by atoms with E-state index in [1.54, 1.807) is 11.0 Å². The van der Waals surface area contributed by atoms with E-state index in [0.29, 0.717) is 18.5 Å². The lowest BCUT2D eigenvalue weighted by atomic mass is 9.93. The Morgan fingerprint density at radius 1 is 1.21 bits per heavy atom. The van der Waals surface area contributed by atoms with Gasteiger partial charge in [-0.3, -0.25) is 0 Å². The van der Waals surface area contributed by atoms with E-state index in [0.717, 1.165) is 16.7 Å². The number of benzene rings is 2. The molecule has 0 saturated carbocycles. The van der Waals surface area contributed by atoms with E-state index in [2.05, 4.69) is 0 Å². The van der Waals surface area contributed by atoms with Crippen molar-refractivity contribution in [2.45, 2.75) is 26.5 Å². The molecule has 0 bridgehead atoms. The first-order valence-corrected chi connectivity index (χ1v) is 7.86. The first kappa shape index (κ1) is 16.1. The number of carboxylic acid groups (broad SMARTS) is 1. The molecular formula is C19H19NO4. The van der Waals surface area contributed by atoms with Gasteiger partial charge in [-0.2, -0.15) is 0 Å². The van der Waals surface area contributed by atoms with Gasteiger partial charge in [0.1, 0.15) is 6.61 Å². The van der Waals surface area contributed by atoms with Crippen LogP contribution in [-0.4, -0.2) is 28.6 Å². The summed E-state index contributed by atoms with van der Waals surface area (Å²) in [6.07, 6.45) is 0.221. The van der Waals surface area contributed by atoms with E-state index < -0.39 is 12.1 Å². The zero-order chi connectivity index (χ0) is 17.1. The van der Waals surface area contributed by atoms with Crippen molar-refractivity contribution >= 4 is 12.1 Å². The molecule has 0 aliphatic carbocycles. The average molecular weight is 325 g/mol. The SMILES string of the molecule is Cc1cc2c(c(C(=O)O)c1)CN(C(=O)OCc1ccccc1)CC2. The summed E-state index contributed by atoms with van der Waals surface area (Å²) in [7, 11) is 0. The maximum absolute atomic E-state index is 12.3. The van der Waals surface area contributed by atoms with Gasteiger partial charge in [0.15, 0.2) is 0 Å². The second-order valence-corrected chi connectivity index (χ2v) is 5.97. The van der Waals surface area contributed by atoms with Crippen molar-refractivity contribution in [1.82, 2.24) is 4.90 Å². The molecule has 0 aromatic heterocycles. The topological polar surface area (TPSA) is 66.8 Å². The molecule has 1 amide bonds. The molecule has 0 fully saturated rings. The van der Waals surface area contributed by atoms with Crippen LogP contribution in [0.1, 0.15) is 32.6 Å². The summed E-state index contributed by atoms with van der Waals surface area (Å²) in [6.45, 7) is 2.89. The Balaban J connectivity index is 1.72. The number of nitrogens with zero attached hydrogens (tertiary/aromatic N) is 1. The van der Waals surface area contributed by atoms with Crippen molar-refractivity contribution in [1.29, 1.82) is 0 Å². The van der Waals surface area contributed by atoms with Gasteiger partial charge in [0.05, 0.1) is 12.1 Å². The van der Waals surface area contributed by atoms with Crippen molar-refractivity contribution in [3.8, 4) is 0 Å². The highest BCUT2D eigenvalue weighted by Gasteiger charge is 2.26. The van der Waals surface area contributed by atoms with Crippen LogP contribution >= 0.6 is 0 Å². The van der Waals surface area contributed by atoms with E-state index in [1.165, 1.54) is 0 Å². The number of hydrogen-bond acceptors (Lipinski definition) is 3. The molecule has 124 valence electrons. The molecular weight excluding hydrogens is 306 g/mol. The monoisotopic (exact) mass is 325 g/mol. The van der Waals surface area contributed by atoms with Crippen LogP contribution in [0.3, 0.4) is 0 Å². The summed E-state index contributed by atoms with van der Waals surface area (Å²) in [5.41, 5.74) is 3.82. The molecule has 1 aliphatic rings. The largest absolute Gasteiger partial charge is 0.478 e. The van der Waals surface area contributed by atoms with Gasteiger partial charge in [0, 0.05) is 6.54 Å². The molecule has 1 N–H and O–H groups in total. The molecule has 2 aromatic rings. The number of hydrogen-bond donors (Lipinski definition) is 1. The summed E-state index contributed by atoms with van der Waals surface area (Å²) in [5, 5.41) is 9.41. The highest BCUT2D eigenvalue weighted by molar-refractivity contribution is 5.90. The minimum absolute atomic E-state index is 0.211. The third-order valence-electron chi connectivity index (χ3n) is 4.18. The molecule has 0 spiro atoms. The number of amides is 1. The zero-order valence-electron chi connectivity index (χ0n) is 13.5. The Bertz CT molecular complexity index is 770.